The first-order chi connectivity index (χ1) is 32.6. The fourth-order valence-electron chi connectivity index (χ4n) is 6.30. The number of unbranched alkanes of at least 4 members (excludes halogenated alkanes) is 10. The monoisotopic (exact) mass is 1100 g/mol. The van der Waals surface area contributed by atoms with Gasteiger partial charge in [0.2, 0.25) is 19.6 Å². The van der Waals surface area contributed by atoms with Crippen LogP contribution in [-0.2, 0) is 27.1 Å². The molecule has 0 aromatic heterocycles. The van der Waals surface area contributed by atoms with E-state index in [0.717, 1.165) is 84.0 Å². The molecule has 17 heteroatoms. The van der Waals surface area contributed by atoms with Gasteiger partial charge in [-0.15, -0.1) is 0 Å². The van der Waals surface area contributed by atoms with Crippen molar-refractivity contribution in [3.05, 3.63) is 66.0 Å². The molecule has 0 aromatic carbocycles. The first kappa shape index (κ1) is 74.8. The fourth-order valence-corrected chi connectivity index (χ4v) is 11.2. The summed E-state index contributed by atoms with van der Waals surface area (Å²) in [6.07, 6.45) is 20.4. The minimum absolute atomic E-state index is 0. The summed E-state index contributed by atoms with van der Waals surface area (Å²) in [5, 5.41) is 0. The smallest absolute Gasteiger partial charge is 1.00 e. The van der Waals surface area contributed by atoms with E-state index >= 15 is 0 Å². The van der Waals surface area contributed by atoms with Crippen LogP contribution in [0.3, 0.4) is 0 Å². The molecule has 0 amide bonds. The zero-order chi connectivity index (χ0) is 52.4. The summed E-state index contributed by atoms with van der Waals surface area (Å²) in [5.74, 6) is 0. The molecule has 3 unspecified atom stereocenters. The van der Waals surface area contributed by atoms with Gasteiger partial charge >= 0.3 is 45.5 Å². The normalized spacial score (nSPS) is 12.8. The van der Waals surface area contributed by atoms with Crippen LogP contribution in [0.4, 0.5) is 0 Å². The van der Waals surface area contributed by atoms with Crippen LogP contribution in [0, 0.1) is 26.6 Å². The summed E-state index contributed by atoms with van der Waals surface area (Å²) in [6.45, 7) is 63.3. The molecule has 0 saturated heterocycles. The van der Waals surface area contributed by atoms with E-state index in [1.54, 1.807) is 0 Å². The van der Waals surface area contributed by atoms with Gasteiger partial charge in [-0.3, -0.25) is 0 Å². The van der Waals surface area contributed by atoms with Crippen LogP contribution >= 0.6 is 25.6 Å². The molecule has 0 saturated carbocycles. The van der Waals surface area contributed by atoms with Gasteiger partial charge in [-0.25, -0.2) is 33.7 Å². The third-order valence-corrected chi connectivity index (χ3v) is 15.4. The number of nitrogens with zero attached hydrogens (tertiary/aromatic N) is 6. The van der Waals surface area contributed by atoms with Gasteiger partial charge in [0.25, 0.3) is 25.6 Å². The largest absolute Gasteiger partial charge is 2.00 e. The Labute approximate surface area is 465 Å². The molecule has 13 nitrogen and oxygen atoms in total. The van der Waals surface area contributed by atoms with Crippen LogP contribution in [0.5, 0.6) is 0 Å². The van der Waals surface area contributed by atoms with Crippen molar-refractivity contribution in [1.82, 2.24) is 14.0 Å². The molecule has 0 aliphatic carbocycles. The zero-order valence-electron chi connectivity index (χ0n) is 48.1. The molecular weight excluding hydrogens is 987 g/mol. The fraction of sp³-hybridized carbons (Fsp3) is 0.843. The molecule has 0 aliphatic heterocycles. The molecule has 0 heterocycles. The Morgan fingerprint density at radius 3 is 1.10 bits per heavy atom. The average Bonchev–Trinajstić information content (AvgIpc) is 3.28. The van der Waals surface area contributed by atoms with Crippen molar-refractivity contribution in [2.24, 2.45) is 5.73 Å². The SMILES string of the molecule is CC.[3H-].[3H]NCCCCCCOP(OCC[N+]#[C-])N(C(C)C)C(C)C.[C-]#[N+]CCOP(OCCCCCC/C=C/C=C)N(C(C)C)C(C)C.[C-]#[N+]CCOP(OCCCCC[CH2-])N(C(C)C)C(C)C.[Sr+2]. The predicted octanol–water partition coefficient (Wildman–Crippen LogP) is 15.2. The van der Waals surface area contributed by atoms with Crippen LogP contribution < -0.4 is 5.73 Å². The Kier molecular flexibility index (Phi) is 64.1. The number of hydrogen-bond donors (Lipinski definition) is 1. The van der Waals surface area contributed by atoms with Crippen LogP contribution in [0.2, 0.25) is 1.41 Å². The molecule has 0 aromatic rings. The third kappa shape index (κ3) is 47.3. The first-order valence-electron chi connectivity index (χ1n) is 25.9. The Morgan fingerprint density at radius 2 is 0.824 bits per heavy atom. The molecule has 0 radical (unpaired) electrons. The molecule has 0 aliphatic rings. The van der Waals surface area contributed by atoms with Crippen LogP contribution in [0.1, 0.15) is 182 Å². The quantitative estimate of drug-likeness (QED) is 0.0209. The number of allylic oxidation sites excluding steroid dienone is 3. The number of rotatable bonds is 41. The molecule has 0 rings (SSSR count). The Hall–Kier alpha value is 0.321. The summed E-state index contributed by atoms with van der Waals surface area (Å²) in [4.78, 5) is 10.0. The topological polar surface area (TPSA) is 104 Å². The van der Waals surface area contributed by atoms with E-state index in [1.807, 2.05) is 26.0 Å². The predicted molar refractivity (Wildman–Crippen MR) is 299 cm³/mol. The van der Waals surface area contributed by atoms with Crippen molar-refractivity contribution < 1.29 is 30.0 Å². The second kappa shape index (κ2) is 58.2. The van der Waals surface area contributed by atoms with Gasteiger partial charge in [-0.05, 0) is 128 Å². The van der Waals surface area contributed by atoms with E-state index in [-0.39, 0.29) is 46.9 Å². The van der Waals surface area contributed by atoms with Crippen molar-refractivity contribution in [3.63, 3.8) is 0 Å². The minimum atomic E-state index is -1.09. The van der Waals surface area contributed by atoms with Gasteiger partial charge in [0, 0.05) is 36.3 Å². The molecule has 68 heavy (non-hydrogen) atoms. The van der Waals surface area contributed by atoms with Gasteiger partial charge in [-0.2, -0.15) is 6.42 Å². The second-order valence-electron chi connectivity index (χ2n) is 17.0. The Morgan fingerprint density at radius 1 is 0.529 bits per heavy atom. The maximum absolute atomic E-state index is 6.89. The Bertz CT molecular complexity index is 1230. The maximum atomic E-state index is 6.89. The van der Waals surface area contributed by atoms with E-state index in [2.05, 4.69) is 137 Å². The summed E-state index contributed by atoms with van der Waals surface area (Å²) in [6, 6.07) is 2.16. The van der Waals surface area contributed by atoms with Gasteiger partial charge < -0.3 is 55.8 Å². The molecule has 0 fully saturated rings. The van der Waals surface area contributed by atoms with E-state index in [1.165, 1.54) is 19.3 Å². The van der Waals surface area contributed by atoms with Crippen molar-refractivity contribution in [2.45, 2.75) is 217 Å². The summed E-state index contributed by atoms with van der Waals surface area (Å²) in [7, 11) is -3.24. The van der Waals surface area contributed by atoms with Gasteiger partial charge in [0.15, 0.2) is 0 Å². The number of nitrogens with two attached hydrogens (primary N) is 1. The Balaban J connectivity index is -0.000000213. The van der Waals surface area contributed by atoms with E-state index < -0.39 is 25.6 Å². The molecule has 3 atom stereocenters. The van der Waals surface area contributed by atoms with Crippen molar-refractivity contribution in [1.29, 1.82) is 0 Å². The summed E-state index contributed by atoms with van der Waals surface area (Å²) >= 11 is 0. The van der Waals surface area contributed by atoms with Crippen molar-refractivity contribution in [2.75, 3.05) is 65.8 Å². The molecular formula is C51H104N7O6P3Sr. The summed E-state index contributed by atoms with van der Waals surface area (Å²) in [5.41, 5.74) is 2.42. The van der Waals surface area contributed by atoms with Crippen LogP contribution in [0.25, 0.3) is 14.5 Å². The van der Waals surface area contributed by atoms with Gasteiger partial charge in [0.05, 0.1) is 19.8 Å². The minimum Gasteiger partial charge on any atom is -1.00 e. The summed E-state index contributed by atoms with van der Waals surface area (Å²) < 4.78 is 49.2. The first-order valence-corrected chi connectivity index (χ1v) is 28.8. The van der Waals surface area contributed by atoms with Crippen molar-refractivity contribution in [3.8, 4) is 0 Å². The standard InChI is InChI=1S/C19H35N2O2P.C15H32N3O2P.C15H30N2O2P.C2H6.Sr.H/c1-7-8-9-10-11-12-13-14-16-22-24(23-17-15-20-6)21(18(2)3)19(4)5;1-14(2)18(15(3)4)21(20-13-11-17-5)19-12-9-7-6-8-10-16;1-7-8-9-10-12-18-20(19-13-11-16-6)17(14(2)3)15(4)5;1-2;;/h7-9,18-19H,1,10-17H2,2-5H3;14-15H,6-13,16H2,1-4H3;14-15H,1,7-13H2,2-5H3;1-2H3;;/q;;-1;;+2;-1/b9-8+;;;;;/i;;;;;1+2/hT. The van der Waals surface area contributed by atoms with E-state index in [0.29, 0.717) is 82.3 Å². The van der Waals surface area contributed by atoms with E-state index in [9.17, 15) is 0 Å². The molecule has 2 N–H and O–H groups in total. The maximum Gasteiger partial charge on any atom is 2.00 e. The molecule has 0 bridgehead atoms. The molecule has 0 spiro atoms. The second-order valence-corrected chi connectivity index (χ2v) is 21.4. The average molecular weight is 1100 g/mol. The van der Waals surface area contributed by atoms with Crippen LogP contribution in [0.15, 0.2) is 24.8 Å². The van der Waals surface area contributed by atoms with Crippen LogP contribution in [-0.4, -0.2) is 162 Å². The number of hydrogen-bond acceptors (Lipinski definition) is 10. The van der Waals surface area contributed by atoms with Crippen molar-refractivity contribution >= 4 is 71.1 Å². The zero-order valence-corrected chi connectivity index (χ0v) is 52.2. The van der Waals surface area contributed by atoms with Gasteiger partial charge in [-0.1, -0.05) is 77.2 Å². The molecule has 396 valence electrons. The third-order valence-electron chi connectivity index (χ3n) is 9.06. The van der Waals surface area contributed by atoms with Gasteiger partial charge in [0.1, 0.15) is 21.2 Å². The van der Waals surface area contributed by atoms with E-state index in [4.69, 9.17) is 48.3 Å².